The van der Waals surface area contributed by atoms with E-state index in [0.717, 1.165) is 109 Å². The molecule has 0 N–H and O–H groups in total. The summed E-state index contributed by atoms with van der Waals surface area (Å²) in [6.07, 6.45) is 53.6. The molecular weight excluding hydrogens is 697 g/mol. The van der Waals surface area contributed by atoms with E-state index in [-0.39, 0.29) is 31.1 Å². The van der Waals surface area contributed by atoms with Crippen molar-refractivity contribution in [2.75, 3.05) is 13.2 Å². The van der Waals surface area contributed by atoms with Gasteiger partial charge in [-0.3, -0.25) is 14.4 Å². The summed E-state index contributed by atoms with van der Waals surface area (Å²) in [4.78, 5) is 37.6. The standard InChI is InChI=1S/C50H86O6/c1-4-7-10-13-16-18-20-22-24-25-27-28-30-32-34-37-40-43-49(52)55-46-47(45-54-48(51)42-39-36-15-12-9-6-3)56-50(53)44-41-38-35-33-31-29-26-23-21-19-17-14-11-8-5-2/h8,11,16-19,22-24,26,47H,4-7,9-10,12-15,20-21,25,27-46H2,1-3H3/b11-8-,18-16-,19-17-,24-22-,26-23-. The fraction of sp³-hybridized carbons (Fsp3) is 0.740. The van der Waals surface area contributed by atoms with Crippen LogP contribution in [0.5, 0.6) is 0 Å². The first-order chi connectivity index (χ1) is 27.5. The van der Waals surface area contributed by atoms with E-state index in [1.165, 1.54) is 70.6 Å². The van der Waals surface area contributed by atoms with Gasteiger partial charge in [0.15, 0.2) is 6.10 Å². The van der Waals surface area contributed by atoms with Crippen molar-refractivity contribution in [1.29, 1.82) is 0 Å². The lowest BCUT2D eigenvalue weighted by atomic mass is 10.1. The van der Waals surface area contributed by atoms with Gasteiger partial charge in [-0.2, -0.15) is 0 Å². The minimum Gasteiger partial charge on any atom is -0.462 e. The minimum absolute atomic E-state index is 0.0845. The first kappa shape index (κ1) is 53.1. The molecule has 6 heteroatoms. The van der Waals surface area contributed by atoms with Crippen molar-refractivity contribution in [2.45, 2.75) is 226 Å². The molecular formula is C50H86O6. The number of rotatable bonds is 41. The monoisotopic (exact) mass is 783 g/mol. The van der Waals surface area contributed by atoms with Crippen LogP contribution in [0.1, 0.15) is 220 Å². The van der Waals surface area contributed by atoms with E-state index in [2.05, 4.69) is 81.5 Å². The molecule has 0 aliphatic heterocycles. The average molecular weight is 783 g/mol. The molecule has 0 saturated heterocycles. The SMILES string of the molecule is CC/C=C\C/C=C\C/C=C\CCCCCCCC(=O)OC(COC(=O)CCCCCCCC)COC(=O)CCCCCCCCC/C=C\C/C=C\CCCCC. The quantitative estimate of drug-likeness (QED) is 0.0266. The smallest absolute Gasteiger partial charge is 0.306 e. The molecule has 0 amide bonds. The lowest BCUT2D eigenvalue weighted by Crippen LogP contribution is -2.30. The summed E-state index contributed by atoms with van der Waals surface area (Å²) in [6, 6.07) is 0. The molecule has 0 radical (unpaired) electrons. The van der Waals surface area contributed by atoms with Crippen LogP contribution in [0.4, 0.5) is 0 Å². The van der Waals surface area contributed by atoms with Gasteiger partial charge in [-0.25, -0.2) is 0 Å². The van der Waals surface area contributed by atoms with Crippen molar-refractivity contribution in [1.82, 2.24) is 0 Å². The van der Waals surface area contributed by atoms with Crippen molar-refractivity contribution < 1.29 is 28.6 Å². The lowest BCUT2D eigenvalue weighted by molar-refractivity contribution is -0.167. The number of hydrogen-bond acceptors (Lipinski definition) is 6. The molecule has 0 aliphatic carbocycles. The molecule has 6 nitrogen and oxygen atoms in total. The van der Waals surface area contributed by atoms with Crippen molar-refractivity contribution in [3.63, 3.8) is 0 Å². The summed E-state index contributed by atoms with van der Waals surface area (Å²) < 4.78 is 16.6. The van der Waals surface area contributed by atoms with Crippen LogP contribution in [0.2, 0.25) is 0 Å². The molecule has 0 bridgehead atoms. The van der Waals surface area contributed by atoms with E-state index in [4.69, 9.17) is 14.2 Å². The maximum Gasteiger partial charge on any atom is 0.306 e. The number of unbranched alkanes of at least 4 members (excludes halogenated alkanes) is 20. The van der Waals surface area contributed by atoms with Crippen molar-refractivity contribution in [3.8, 4) is 0 Å². The highest BCUT2D eigenvalue weighted by Gasteiger charge is 2.19. The molecule has 1 unspecified atom stereocenters. The predicted molar refractivity (Wildman–Crippen MR) is 238 cm³/mol. The highest BCUT2D eigenvalue weighted by atomic mass is 16.6. The normalized spacial score (nSPS) is 12.6. The van der Waals surface area contributed by atoms with Gasteiger partial charge < -0.3 is 14.2 Å². The van der Waals surface area contributed by atoms with Crippen LogP contribution in [-0.2, 0) is 28.6 Å². The Hall–Kier alpha value is -2.89. The molecule has 0 rings (SSSR count). The largest absolute Gasteiger partial charge is 0.462 e. The van der Waals surface area contributed by atoms with Crippen LogP contribution in [0, 0.1) is 0 Å². The molecule has 0 fully saturated rings. The van der Waals surface area contributed by atoms with E-state index in [1.807, 2.05) is 0 Å². The lowest BCUT2D eigenvalue weighted by Gasteiger charge is -2.18. The fourth-order valence-electron chi connectivity index (χ4n) is 6.25. The van der Waals surface area contributed by atoms with E-state index in [1.54, 1.807) is 0 Å². The van der Waals surface area contributed by atoms with Gasteiger partial charge >= 0.3 is 17.9 Å². The van der Waals surface area contributed by atoms with Gasteiger partial charge in [-0.1, -0.05) is 178 Å². The van der Waals surface area contributed by atoms with Crippen molar-refractivity contribution >= 4 is 17.9 Å². The summed E-state index contributed by atoms with van der Waals surface area (Å²) in [5, 5.41) is 0. The molecule has 322 valence electrons. The number of hydrogen-bond donors (Lipinski definition) is 0. The second kappa shape index (κ2) is 44.8. The van der Waals surface area contributed by atoms with E-state index >= 15 is 0 Å². The number of carbonyl (C=O) groups is 3. The molecule has 1 atom stereocenters. The van der Waals surface area contributed by atoms with E-state index < -0.39 is 6.10 Å². The Morgan fingerprint density at radius 3 is 1.12 bits per heavy atom. The van der Waals surface area contributed by atoms with Gasteiger partial charge in [-0.05, 0) is 83.5 Å². The highest BCUT2D eigenvalue weighted by molar-refractivity contribution is 5.71. The topological polar surface area (TPSA) is 78.9 Å². The number of allylic oxidation sites excluding steroid dienone is 10. The van der Waals surface area contributed by atoms with Crippen LogP contribution < -0.4 is 0 Å². The second-order valence-corrected chi connectivity index (χ2v) is 15.3. The Morgan fingerprint density at radius 1 is 0.375 bits per heavy atom. The van der Waals surface area contributed by atoms with Crippen LogP contribution >= 0.6 is 0 Å². The molecule has 0 aromatic rings. The Kier molecular flexibility index (Phi) is 42.5. The Labute approximate surface area is 345 Å². The van der Waals surface area contributed by atoms with Crippen LogP contribution in [0.3, 0.4) is 0 Å². The third-order valence-corrected chi connectivity index (χ3v) is 9.76. The zero-order valence-corrected chi connectivity index (χ0v) is 36.6. The number of carbonyl (C=O) groups excluding carboxylic acids is 3. The molecule has 0 heterocycles. The zero-order valence-electron chi connectivity index (χ0n) is 36.6. The second-order valence-electron chi connectivity index (χ2n) is 15.3. The van der Waals surface area contributed by atoms with E-state index in [9.17, 15) is 14.4 Å². The summed E-state index contributed by atoms with van der Waals surface area (Å²) in [7, 11) is 0. The van der Waals surface area contributed by atoms with Crippen LogP contribution in [-0.4, -0.2) is 37.2 Å². The minimum atomic E-state index is -0.781. The summed E-state index contributed by atoms with van der Waals surface area (Å²) in [6.45, 7) is 6.41. The Morgan fingerprint density at radius 2 is 0.696 bits per heavy atom. The van der Waals surface area contributed by atoms with Crippen molar-refractivity contribution in [3.05, 3.63) is 60.8 Å². The van der Waals surface area contributed by atoms with Gasteiger partial charge in [0, 0.05) is 19.3 Å². The summed E-state index contributed by atoms with van der Waals surface area (Å²) in [5.74, 6) is -0.921. The number of esters is 3. The van der Waals surface area contributed by atoms with E-state index in [0.29, 0.717) is 19.3 Å². The van der Waals surface area contributed by atoms with Crippen LogP contribution in [0.25, 0.3) is 0 Å². The van der Waals surface area contributed by atoms with Gasteiger partial charge in [0.1, 0.15) is 13.2 Å². The highest BCUT2D eigenvalue weighted by Crippen LogP contribution is 2.13. The third-order valence-electron chi connectivity index (χ3n) is 9.76. The van der Waals surface area contributed by atoms with Gasteiger partial charge in [0.05, 0.1) is 0 Å². The Balaban J connectivity index is 4.30. The molecule has 56 heavy (non-hydrogen) atoms. The average Bonchev–Trinajstić information content (AvgIpc) is 3.19. The van der Waals surface area contributed by atoms with Gasteiger partial charge in [0.2, 0.25) is 0 Å². The zero-order chi connectivity index (χ0) is 40.8. The fourth-order valence-corrected chi connectivity index (χ4v) is 6.25. The van der Waals surface area contributed by atoms with Gasteiger partial charge in [-0.15, -0.1) is 0 Å². The first-order valence-corrected chi connectivity index (χ1v) is 23.3. The number of ether oxygens (including phenoxy) is 3. The molecule has 0 aliphatic rings. The van der Waals surface area contributed by atoms with Crippen LogP contribution in [0.15, 0.2) is 60.8 Å². The summed E-state index contributed by atoms with van der Waals surface area (Å²) in [5.41, 5.74) is 0. The van der Waals surface area contributed by atoms with Gasteiger partial charge in [0.25, 0.3) is 0 Å². The molecule has 0 spiro atoms. The molecule has 0 aromatic heterocycles. The third kappa shape index (κ3) is 42.3. The Bertz CT molecular complexity index is 1040. The maximum atomic E-state index is 12.7. The predicted octanol–water partition coefficient (Wildman–Crippen LogP) is 14.9. The summed E-state index contributed by atoms with van der Waals surface area (Å²) >= 11 is 0. The molecule has 0 aromatic carbocycles. The first-order valence-electron chi connectivity index (χ1n) is 23.3. The molecule has 0 saturated carbocycles. The van der Waals surface area contributed by atoms with Crippen molar-refractivity contribution in [2.24, 2.45) is 0 Å². The maximum absolute atomic E-state index is 12.7.